The van der Waals surface area contributed by atoms with Gasteiger partial charge in [-0.25, -0.2) is 0 Å². The number of hydrogen-bond acceptors (Lipinski definition) is 5. The smallest absolute Gasteiger partial charge is 0.372 e. The lowest BCUT2D eigenvalue weighted by Gasteiger charge is -2.33. The van der Waals surface area contributed by atoms with E-state index in [1.165, 1.54) is 0 Å². The monoisotopic (exact) mass is 340 g/mol. The van der Waals surface area contributed by atoms with E-state index in [1.54, 1.807) is 24.3 Å². The first-order valence-corrected chi connectivity index (χ1v) is 7.33. The lowest BCUT2D eigenvalue weighted by molar-refractivity contribution is -0.159. The zero-order valence-electron chi connectivity index (χ0n) is 13.1. The normalized spacial score (nSPS) is 21.0. The van der Waals surface area contributed by atoms with Crippen LogP contribution in [-0.4, -0.2) is 22.5 Å². The van der Waals surface area contributed by atoms with Crippen LogP contribution in [0.4, 0.5) is 13.2 Å². The average molecular weight is 340 g/mol. The molecule has 0 bridgehead atoms. The van der Waals surface area contributed by atoms with Crippen molar-refractivity contribution in [3.05, 3.63) is 35.7 Å². The quantitative estimate of drug-likeness (QED) is 0.832. The molecule has 0 N–H and O–H groups in total. The van der Waals surface area contributed by atoms with Gasteiger partial charge in [-0.2, -0.15) is 18.2 Å². The van der Waals surface area contributed by atoms with E-state index in [9.17, 15) is 18.0 Å². The van der Waals surface area contributed by atoms with Gasteiger partial charge in [0.05, 0.1) is 12.7 Å². The molecule has 1 aromatic heterocycles. The van der Waals surface area contributed by atoms with Crippen LogP contribution in [0.2, 0.25) is 0 Å². The van der Waals surface area contributed by atoms with Gasteiger partial charge in [0.1, 0.15) is 5.78 Å². The summed E-state index contributed by atoms with van der Waals surface area (Å²) in [6, 6.07) is 6.53. The molecule has 0 aliphatic carbocycles. The van der Waals surface area contributed by atoms with Crippen LogP contribution in [0.1, 0.15) is 37.8 Å². The molecule has 1 aliphatic rings. The molecule has 1 fully saturated rings. The zero-order valence-corrected chi connectivity index (χ0v) is 13.1. The number of alkyl halides is 3. The predicted octanol–water partition coefficient (Wildman–Crippen LogP) is 3.81. The fourth-order valence-electron chi connectivity index (χ4n) is 2.41. The molecule has 3 rings (SSSR count). The molecule has 5 nitrogen and oxygen atoms in total. The van der Waals surface area contributed by atoms with Crippen LogP contribution in [0.3, 0.4) is 0 Å². The van der Waals surface area contributed by atoms with Crippen molar-refractivity contribution < 1.29 is 27.2 Å². The van der Waals surface area contributed by atoms with E-state index < -0.39 is 17.5 Å². The molecule has 1 aromatic carbocycles. The Morgan fingerprint density at radius 2 is 1.88 bits per heavy atom. The first-order chi connectivity index (χ1) is 11.2. The van der Waals surface area contributed by atoms with E-state index >= 15 is 0 Å². The minimum absolute atomic E-state index is 0.121. The van der Waals surface area contributed by atoms with Gasteiger partial charge in [-0.05, 0) is 5.56 Å². The van der Waals surface area contributed by atoms with Crippen molar-refractivity contribution in [2.45, 2.75) is 32.5 Å². The molecule has 0 spiro atoms. The number of aromatic nitrogens is 2. The molecule has 2 aromatic rings. The number of hydrogen-bond donors (Lipinski definition) is 0. The summed E-state index contributed by atoms with van der Waals surface area (Å²) in [5, 5.41) is 3.33. The number of nitrogens with zero attached hydrogens (tertiary/aromatic N) is 2. The number of carbonyl (C=O) groups excluding carboxylic acids is 1. The SMILES string of the molecule is CC1(C)COC(c2ccc(-c3noc(C(F)(F)F)n3)cc2)CC1=O. The number of ketones is 1. The third-order valence-corrected chi connectivity index (χ3v) is 3.98. The molecule has 2 heterocycles. The summed E-state index contributed by atoms with van der Waals surface area (Å²) in [5.41, 5.74) is 0.678. The molecule has 0 amide bonds. The van der Waals surface area contributed by atoms with E-state index in [2.05, 4.69) is 14.7 Å². The summed E-state index contributed by atoms with van der Waals surface area (Å²) < 4.78 is 47.4. The number of halogens is 3. The van der Waals surface area contributed by atoms with Gasteiger partial charge < -0.3 is 9.26 Å². The highest BCUT2D eigenvalue weighted by atomic mass is 19.4. The van der Waals surface area contributed by atoms with E-state index in [1.807, 2.05) is 13.8 Å². The Morgan fingerprint density at radius 1 is 1.21 bits per heavy atom. The molecule has 24 heavy (non-hydrogen) atoms. The van der Waals surface area contributed by atoms with Crippen molar-refractivity contribution in [2.24, 2.45) is 5.41 Å². The van der Waals surface area contributed by atoms with Crippen molar-refractivity contribution in [1.82, 2.24) is 10.1 Å². The fourth-order valence-corrected chi connectivity index (χ4v) is 2.41. The van der Waals surface area contributed by atoms with Crippen molar-refractivity contribution in [1.29, 1.82) is 0 Å². The number of carbonyl (C=O) groups is 1. The lowest BCUT2D eigenvalue weighted by Crippen LogP contribution is -2.36. The Morgan fingerprint density at radius 3 is 2.42 bits per heavy atom. The van der Waals surface area contributed by atoms with Gasteiger partial charge in [0, 0.05) is 17.4 Å². The van der Waals surface area contributed by atoms with E-state index in [0.717, 1.165) is 5.56 Å². The van der Waals surface area contributed by atoms with Crippen LogP contribution >= 0.6 is 0 Å². The van der Waals surface area contributed by atoms with Crippen molar-refractivity contribution in [3.63, 3.8) is 0 Å². The second kappa shape index (κ2) is 5.70. The van der Waals surface area contributed by atoms with Crippen LogP contribution in [0, 0.1) is 5.41 Å². The first-order valence-electron chi connectivity index (χ1n) is 7.33. The summed E-state index contributed by atoms with van der Waals surface area (Å²) in [7, 11) is 0. The molecule has 1 saturated heterocycles. The lowest BCUT2D eigenvalue weighted by atomic mass is 9.82. The molecule has 1 unspecified atom stereocenters. The van der Waals surface area contributed by atoms with Gasteiger partial charge >= 0.3 is 12.1 Å². The molecular formula is C16H15F3N2O3. The van der Waals surface area contributed by atoms with Gasteiger partial charge in [0.15, 0.2) is 0 Å². The van der Waals surface area contributed by atoms with Gasteiger partial charge in [0.2, 0.25) is 5.82 Å². The maximum Gasteiger partial charge on any atom is 0.471 e. The Bertz CT molecular complexity index is 751. The minimum Gasteiger partial charge on any atom is -0.372 e. The Balaban J connectivity index is 1.77. The highest BCUT2D eigenvalue weighted by Crippen LogP contribution is 2.35. The molecular weight excluding hydrogens is 325 g/mol. The number of benzene rings is 1. The molecule has 0 radical (unpaired) electrons. The summed E-state index contributed by atoms with van der Waals surface area (Å²) in [6.07, 6.45) is -4.75. The third kappa shape index (κ3) is 3.19. The molecule has 1 aliphatic heterocycles. The first kappa shape index (κ1) is 16.6. The van der Waals surface area contributed by atoms with Crippen LogP contribution < -0.4 is 0 Å². The van der Waals surface area contributed by atoms with Gasteiger partial charge in [0.25, 0.3) is 0 Å². The van der Waals surface area contributed by atoms with Crippen LogP contribution in [0.25, 0.3) is 11.4 Å². The Hall–Kier alpha value is -2.22. The summed E-state index contributed by atoms with van der Waals surface area (Å²) >= 11 is 0. The van der Waals surface area contributed by atoms with Gasteiger partial charge in [-0.1, -0.05) is 43.3 Å². The highest BCUT2D eigenvalue weighted by Gasteiger charge is 2.39. The molecule has 1 atom stereocenters. The standard InChI is InChI=1S/C16H15F3N2O3/c1-15(2)8-23-11(7-12(15)22)9-3-5-10(6-4-9)13-20-14(24-21-13)16(17,18)19/h3-6,11H,7-8H2,1-2H3. The van der Waals surface area contributed by atoms with Crippen LogP contribution in [0.15, 0.2) is 28.8 Å². The van der Waals surface area contributed by atoms with Crippen molar-refractivity contribution in [3.8, 4) is 11.4 Å². The zero-order chi connectivity index (χ0) is 17.5. The second-order valence-electron chi connectivity index (χ2n) is 6.35. The number of ether oxygens (including phenoxy) is 1. The topological polar surface area (TPSA) is 65.2 Å². The van der Waals surface area contributed by atoms with E-state index in [-0.39, 0.29) is 24.1 Å². The van der Waals surface area contributed by atoms with Crippen LogP contribution in [-0.2, 0) is 15.7 Å². The summed E-state index contributed by atoms with van der Waals surface area (Å²) in [6.45, 7) is 4.00. The van der Waals surface area contributed by atoms with Crippen molar-refractivity contribution >= 4 is 5.78 Å². The van der Waals surface area contributed by atoms with Gasteiger partial charge in [-0.15, -0.1) is 0 Å². The Kier molecular flexibility index (Phi) is 3.95. The average Bonchev–Trinajstić information content (AvgIpc) is 3.00. The fraction of sp³-hybridized carbons (Fsp3) is 0.438. The van der Waals surface area contributed by atoms with E-state index in [4.69, 9.17) is 4.74 Å². The summed E-state index contributed by atoms with van der Waals surface area (Å²) in [5.74, 6) is -1.41. The Labute approximate surface area is 135 Å². The van der Waals surface area contributed by atoms with E-state index in [0.29, 0.717) is 12.2 Å². The number of Topliss-reactive ketones (excluding diaryl/α,β-unsaturated/α-hetero) is 1. The molecule has 128 valence electrons. The molecule has 0 saturated carbocycles. The minimum atomic E-state index is -4.67. The number of rotatable bonds is 2. The maximum absolute atomic E-state index is 12.5. The largest absolute Gasteiger partial charge is 0.471 e. The van der Waals surface area contributed by atoms with Crippen molar-refractivity contribution in [2.75, 3.05) is 6.61 Å². The highest BCUT2D eigenvalue weighted by molar-refractivity contribution is 5.85. The maximum atomic E-state index is 12.5. The van der Waals surface area contributed by atoms with Gasteiger partial charge in [-0.3, -0.25) is 4.79 Å². The predicted molar refractivity (Wildman–Crippen MR) is 76.8 cm³/mol. The summed E-state index contributed by atoms with van der Waals surface area (Å²) in [4.78, 5) is 15.4. The second-order valence-corrected chi connectivity index (χ2v) is 6.35. The molecule has 8 heteroatoms. The third-order valence-electron chi connectivity index (χ3n) is 3.98. The van der Waals surface area contributed by atoms with Crippen LogP contribution in [0.5, 0.6) is 0 Å².